The monoisotopic (exact) mass is 395 g/mol. The van der Waals surface area contributed by atoms with Gasteiger partial charge in [0.05, 0.1) is 12.0 Å². The molecule has 0 aliphatic carbocycles. The fourth-order valence-electron chi connectivity index (χ4n) is 2.14. The Bertz CT molecular complexity index is 570. The second-order valence-electron chi connectivity index (χ2n) is 4.25. The molecule has 1 fully saturated rings. The molecule has 0 bridgehead atoms. The maximum Gasteiger partial charge on any atom is 0.324 e. The van der Waals surface area contributed by atoms with E-state index in [4.69, 9.17) is 0 Å². The molecule has 2 rings (SSSR count). The molecule has 7 heteroatoms. The predicted octanol–water partition coefficient (Wildman–Crippen LogP) is 1.62. The van der Waals surface area contributed by atoms with Gasteiger partial charge in [-0.25, -0.2) is 8.42 Å². The van der Waals surface area contributed by atoms with Crippen LogP contribution in [0.15, 0.2) is 29.2 Å². The Morgan fingerprint density at radius 1 is 1.37 bits per heavy atom. The molecule has 0 amide bonds. The summed E-state index contributed by atoms with van der Waals surface area (Å²) in [6.45, 7) is 0.355. The van der Waals surface area contributed by atoms with Gasteiger partial charge in [-0.1, -0.05) is 0 Å². The SMILES string of the molecule is COC(=O)C1CCCN1S(=O)(=O)c1ccc(I)cc1. The lowest BCUT2D eigenvalue weighted by Gasteiger charge is -2.22. The third-order valence-corrected chi connectivity index (χ3v) is 5.74. The van der Waals surface area contributed by atoms with Crippen LogP contribution in [0.4, 0.5) is 0 Å². The molecule has 0 radical (unpaired) electrons. The van der Waals surface area contributed by atoms with Crippen LogP contribution in [0.1, 0.15) is 12.8 Å². The molecule has 0 saturated carbocycles. The van der Waals surface area contributed by atoms with Crippen molar-refractivity contribution < 1.29 is 17.9 Å². The number of benzene rings is 1. The number of sulfonamides is 1. The van der Waals surface area contributed by atoms with Crippen molar-refractivity contribution in [1.29, 1.82) is 0 Å². The summed E-state index contributed by atoms with van der Waals surface area (Å²) in [7, 11) is -2.36. The zero-order valence-corrected chi connectivity index (χ0v) is 13.3. The van der Waals surface area contributed by atoms with Crippen LogP contribution in [0.2, 0.25) is 0 Å². The summed E-state index contributed by atoms with van der Waals surface area (Å²) in [5.74, 6) is -0.494. The highest BCUT2D eigenvalue weighted by Gasteiger charge is 2.39. The summed E-state index contributed by atoms with van der Waals surface area (Å²) in [4.78, 5) is 11.8. The van der Waals surface area contributed by atoms with Gasteiger partial charge in [-0.05, 0) is 59.7 Å². The Balaban J connectivity index is 2.33. The van der Waals surface area contributed by atoms with Crippen molar-refractivity contribution >= 4 is 38.6 Å². The molecule has 5 nitrogen and oxygen atoms in total. The van der Waals surface area contributed by atoms with Crippen molar-refractivity contribution in [2.45, 2.75) is 23.8 Å². The average molecular weight is 395 g/mol. The third kappa shape index (κ3) is 2.92. The number of carbonyl (C=O) groups is 1. The first-order chi connectivity index (χ1) is 8.96. The zero-order chi connectivity index (χ0) is 14.0. The Kier molecular flexibility index (Phi) is 4.46. The molecule has 1 unspecified atom stereocenters. The molecule has 19 heavy (non-hydrogen) atoms. The molecular formula is C12H14INO4S. The molecule has 0 N–H and O–H groups in total. The lowest BCUT2D eigenvalue weighted by Crippen LogP contribution is -2.41. The first-order valence-corrected chi connectivity index (χ1v) is 8.34. The fourth-order valence-corrected chi connectivity index (χ4v) is 4.15. The van der Waals surface area contributed by atoms with Gasteiger partial charge >= 0.3 is 5.97 Å². The lowest BCUT2D eigenvalue weighted by atomic mass is 10.2. The second kappa shape index (κ2) is 5.76. The smallest absolute Gasteiger partial charge is 0.324 e. The number of ether oxygens (including phenoxy) is 1. The largest absolute Gasteiger partial charge is 0.468 e. The number of carbonyl (C=O) groups excluding carboxylic acids is 1. The van der Waals surface area contributed by atoms with Crippen LogP contribution in [-0.4, -0.2) is 38.4 Å². The molecule has 1 saturated heterocycles. The van der Waals surface area contributed by atoms with Gasteiger partial charge < -0.3 is 4.74 Å². The van der Waals surface area contributed by atoms with E-state index in [1.165, 1.54) is 11.4 Å². The highest BCUT2D eigenvalue weighted by Crippen LogP contribution is 2.27. The molecule has 1 aromatic rings. The van der Waals surface area contributed by atoms with Gasteiger partial charge in [0.25, 0.3) is 0 Å². The highest BCUT2D eigenvalue weighted by atomic mass is 127. The van der Waals surface area contributed by atoms with Crippen molar-refractivity contribution in [3.8, 4) is 0 Å². The standard InChI is InChI=1S/C12H14INO4S/c1-18-12(15)11-3-2-8-14(11)19(16,17)10-6-4-9(13)5-7-10/h4-7,11H,2-3,8H2,1H3. The summed E-state index contributed by atoms with van der Waals surface area (Å²) >= 11 is 2.11. The predicted molar refractivity (Wildman–Crippen MR) is 78.1 cm³/mol. The minimum atomic E-state index is -3.63. The highest BCUT2D eigenvalue weighted by molar-refractivity contribution is 14.1. The quantitative estimate of drug-likeness (QED) is 0.577. The molecule has 1 heterocycles. The Hall–Kier alpha value is -0.670. The maximum absolute atomic E-state index is 12.5. The minimum absolute atomic E-state index is 0.212. The molecule has 0 spiro atoms. The van der Waals surface area contributed by atoms with Crippen LogP contribution < -0.4 is 0 Å². The van der Waals surface area contributed by atoms with Gasteiger partial charge in [0.15, 0.2) is 0 Å². The normalized spacial score (nSPS) is 20.4. The Morgan fingerprint density at radius 2 is 2.00 bits per heavy atom. The first kappa shape index (κ1) is 14.7. The summed E-state index contributed by atoms with van der Waals surface area (Å²) in [6, 6.07) is 5.88. The number of halogens is 1. The molecule has 0 aromatic heterocycles. The third-order valence-electron chi connectivity index (χ3n) is 3.10. The van der Waals surface area contributed by atoms with E-state index < -0.39 is 22.0 Å². The topological polar surface area (TPSA) is 63.7 Å². The lowest BCUT2D eigenvalue weighted by molar-refractivity contribution is -0.144. The van der Waals surface area contributed by atoms with E-state index in [-0.39, 0.29) is 4.90 Å². The van der Waals surface area contributed by atoms with Gasteiger partial charge in [0.2, 0.25) is 10.0 Å². The molecule has 1 aromatic carbocycles. The van der Waals surface area contributed by atoms with Gasteiger partial charge in [-0.15, -0.1) is 0 Å². The van der Waals surface area contributed by atoms with Gasteiger partial charge in [-0.2, -0.15) is 4.31 Å². The van der Waals surface area contributed by atoms with Crippen LogP contribution >= 0.6 is 22.6 Å². The minimum Gasteiger partial charge on any atom is -0.468 e. The molecule has 104 valence electrons. The summed E-state index contributed by atoms with van der Waals surface area (Å²) in [5.41, 5.74) is 0. The first-order valence-electron chi connectivity index (χ1n) is 5.82. The molecule has 1 atom stereocenters. The Labute approximate surface area is 126 Å². The van der Waals surface area contributed by atoms with Crippen LogP contribution in [0.25, 0.3) is 0 Å². The Morgan fingerprint density at radius 3 is 2.58 bits per heavy atom. The van der Waals surface area contributed by atoms with E-state index in [2.05, 4.69) is 27.3 Å². The van der Waals surface area contributed by atoms with Crippen LogP contribution in [-0.2, 0) is 19.6 Å². The molecule has 1 aliphatic heterocycles. The van der Waals surface area contributed by atoms with Gasteiger partial charge in [0, 0.05) is 10.1 Å². The number of rotatable bonds is 3. The fraction of sp³-hybridized carbons (Fsp3) is 0.417. The van der Waals surface area contributed by atoms with Crippen LogP contribution in [0.5, 0.6) is 0 Å². The van der Waals surface area contributed by atoms with Gasteiger partial charge in [0.1, 0.15) is 6.04 Å². The number of esters is 1. The van der Waals surface area contributed by atoms with E-state index >= 15 is 0 Å². The van der Waals surface area contributed by atoms with Gasteiger partial charge in [-0.3, -0.25) is 4.79 Å². The van der Waals surface area contributed by atoms with Crippen LogP contribution in [0.3, 0.4) is 0 Å². The van der Waals surface area contributed by atoms with E-state index in [9.17, 15) is 13.2 Å². The summed E-state index contributed by atoms with van der Waals surface area (Å²) in [5, 5.41) is 0. The van der Waals surface area contributed by atoms with E-state index in [1.807, 2.05) is 0 Å². The molecular weight excluding hydrogens is 381 g/mol. The van der Waals surface area contributed by atoms with E-state index in [0.29, 0.717) is 19.4 Å². The van der Waals surface area contributed by atoms with E-state index in [0.717, 1.165) is 3.57 Å². The zero-order valence-electron chi connectivity index (χ0n) is 10.4. The summed E-state index contributed by atoms with van der Waals surface area (Å²) in [6.07, 6.45) is 1.18. The van der Waals surface area contributed by atoms with Crippen molar-refractivity contribution in [2.24, 2.45) is 0 Å². The van der Waals surface area contributed by atoms with Crippen molar-refractivity contribution in [3.05, 3.63) is 27.8 Å². The van der Waals surface area contributed by atoms with Crippen molar-refractivity contribution in [3.63, 3.8) is 0 Å². The number of methoxy groups -OCH3 is 1. The average Bonchev–Trinajstić information content (AvgIpc) is 2.88. The van der Waals surface area contributed by atoms with Crippen molar-refractivity contribution in [2.75, 3.05) is 13.7 Å². The summed E-state index contributed by atoms with van der Waals surface area (Å²) < 4.78 is 31.9. The van der Waals surface area contributed by atoms with E-state index in [1.54, 1.807) is 24.3 Å². The number of nitrogens with zero attached hydrogens (tertiary/aromatic N) is 1. The number of hydrogen-bond acceptors (Lipinski definition) is 4. The van der Waals surface area contributed by atoms with Crippen molar-refractivity contribution in [1.82, 2.24) is 4.31 Å². The van der Waals surface area contributed by atoms with Crippen LogP contribution in [0, 0.1) is 3.57 Å². The number of hydrogen-bond donors (Lipinski definition) is 0. The maximum atomic E-state index is 12.5. The molecule has 1 aliphatic rings. The second-order valence-corrected chi connectivity index (χ2v) is 7.39.